The van der Waals surface area contributed by atoms with Gasteiger partial charge < -0.3 is 0 Å². The van der Waals surface area contributed by atoms with Crippen molar-refractivity contribution in [1.29, 1.82) is 0 Å². The van der Waals surface area contributed by atoms with E-state index in [1.165, 1.54) is 29.1 Å². The van der Waals surface area contributed by atoms with Gasteiger partial charge in [0.1, 0.15) is 11.5 Å². The molecule has 0 atom stereocenters. The summed E-state index contributed by atoms with van der Waals surface area (Å²) in [4.78, 5) is 29.6. The molecule has 2 aromatic heterocycles. The molecule has 4 rings (SSSR count). The number of H-pyrrole nitrogens is 1. The minimum atomic E-state index is -0.567. The van der Waals surface area contributed by atoms with E-state index >= 15 is 0 Å². The molecule has 0 aliphatic rings. The van der Waals surface area contributed by atoms with E-state index in [1.54, 1.807) is 55.6 Å². The van der Waals surface area contributed by atoms with Crippen LogP contribution in [0.3, 0.4) is 0 Å². The smallest absolute Gasteiger partial charge is 0.281 e. The van der Waals surface area contributed by atoms with Gasteiger partial charge in [-0.05, 0) is 43.3 Å². The fraction of sp³-hybridized carbons (Fsp3) is 0.0435. The second-order valence-electron chi connectivity index (χ2n) is 6.71. The summed E-state index contributed by atoms with van der Waals surface area (Å²) >= 11 is 0. The molecule has 0 aliphatic carbocycles. The molecule has 0 bridgehead atoms. The van der Waals surface area contributed by atoms with E-state index in [9.17, 15) is 14.0 Å². The number of nitrogens with zero attached hydrogens (tertiary/aromatic N) is 3. The lowest BCUT2D eigenvalue weighted by Crippen LogP contribution is -2.26. The summed E-state index contributed by atoms with van der Waals surface area (Å²) < 4.78 is 16.0. The first-order valence-electron chi connectivity index (χ1n) is 9.46. The number of aromatic nitrogens is 3. The maximum absolute atomic E-state index is 14.6. The minimum Gasteiger partial charge on any atom is -0.295 e. The SMILES string of the molecule is Cc1[nH]n(-c2ccccc2)c(=O)c1/C(=N\NC(=O)c1cccnc1)c1ccccc1F. The number of benzene rings is 2. The van der Waals surface area contributed by atoms with Gasteiger partial charge in [-0.2, -0.15) is 5.10 Å². The van der Waals surface area contributed by atoms with Crippen molar-refractivity contribution in [1.82, 2.24) is 20.2 Å². The number of hydrogen-bond acceptors (Lipinski definition) is 4. The number of carbonyl (C=O) groups is 1. The number of amides is 1. The van der Waals surface area contributed by atoms with E-state index in [1.807, 2.05) is 6.07 Å². The van der Waals surface area contributed by atoms with Crippen molar-refractivity contribution in [3.63, 3.8) is 0 Å². The normalized spacial score (nSPS) is 11.4. The first-order chi connectivity index (χ1) is 15.1. The highest BCUT2D eigenvalue weighted by Crippen LogP contribution is 2.16. The fourth-order valence-corrected chi connectivity index (χ4v) is 3.16. The van der Waals surface area contributed by atoms with Crippen LogP contribution >= 0.6 is 0 Å². The van der Waals surface area contributed by atoms with Gasteiger partial charge >= 0.3 is 0 Å². The highest BCUT2D eigenvalue weighted by molar-refractivity contribution is 6.14. The lowest BCUT2D eigenvalue weighted by atomic mass is 10.0. The largest absolute Gasteiger partial charge is 0.295 e. The summed E-state index contributed by atoms with van der Waals surface area (Å²) in [7, 11) is 0. The third kappa shape index (κ3) is 4.04. The van der Waals surface area contributed by atoms with E-state index in [4.69, 9.17) is 0 Å². The van der Waals surface area contributed by atoms with Crippen molar-refractivity contribution < 1.29 is 9.18 Å². The summed E-state index contributed by atoms with van der Waals surface area (Å²) in [5.74, 6) is -1.10. The first kappa shape index (κ1) is 20.0. The van der Waals surface area contributed by atoms with Crippen LogP contribution in [0.25, 0.3) is 5.69 Å². The van der Waals surface area contributed by atoms with Crippen LogP contribution in [0.15, 0.2) is 89.0 Å². The Morgan fingerprint density at radius 1 is 1.06 bits per heavy atom. The lowest BCUT2D eigenvalue weighted by Gasteiger charge is -2.07. The number of para-hydroxylation sites is 1. The van der Waals surface area contributed by atoms with Gasteiger partial charge in [-0.1, -0.05) is 30.3 Å². The minimum absolute atomic E-state index is 0.0174. The van der Waals surface area contributed by atoms with E-state index in [0.717, 1.165) is 0 Å². The Morgan fingerprint density at radius 2 is 1.81 bits per heavy atom. The van der Waals surface area contributed by atoms with Crippen molar-refractivity contribution in [2.75, 3.05) is 0 Å². The number of carbonyl (C=O) groups excluding carboxylic acids is 1. The van der Waals surface area contributed by atoms with Crippen molar-refractivity contribution in [2.24, 2.45) is 5.10 Å². The van der Waals surface area contributed by atoms with Crippen LogP contribution < -0.4 is 11.0 Å². The maximum atomic E-state index is 14.6. The first-order valence-corrected chi connectivity index (χ1v) is 9.46. The molecule has 2 heterocycles. The fourth-order valence-electron chi connectivity index (χ4n) is 3.16. The number of aromatic amines is 1. The third-order valence-electron chi connectivity index (χ3n) is 4.64. The van der Waals surface area contributed by atoms with E-state index in [-0.39, 0.29) is 22.4 Å². The Balaban J connectivity index is 1.83. The molecule has 0 saturated carbocycles. The van der Waals surface area contributed by atoms with E-state index in [2.05, 4.69) is 20.6 Å². The molecule has 0 spiro atoms. The molecule has 0 aliphatic heterocycles. The lowest BCUT2D eigenvalue weighted by molar-refractivity contribution is 0.0954. The zero-order valence-electron chi connectivity index (χ0n) is 16.5. The average molecular weight is 415 g/mol. The van der Waals surface area contributed by atoms with Crippen LogP contribution in [-0.2, 0) is 0 Å². The van der Waals surface area contributed by atoms with Gasteiger partial charge in [0.2, 0.25) is 0 Å². The van der Waals surface area contributed by atoms with Crippen molar-refractivity contribution in [3.8, 4) is 5.69 Å². The topological polar surface area (TPSA) is 92.1 Å². The summed E-state index contributed by atoms with van der Waals surface area (Å²) in [5, 5.41) is 7.14. The van der Waals surface area contributed by atoms with Crippen LogP contribution in [-0.4, -0.2) is 26.4 Å². The van der Waals surface area contributed by atoms with Crippen LogP contribution in [0.5, 0.6) is 0 Å². The van der Waals surface area contributed by atoms with Gasteiger partial charge in [-0.15, -0.1) is 0 Å². The predicted octanol–water partition coefficient (Wildman–Crippen LogP) is 3.19. The second-order valence-corrected chi connectivity index (χ2v) is 6.71. The van der Waals surface area contributed by atoms with Crippen molar-refractivity contribution >= 4 is 11.6 Å². The molecule has 2 aromatic carbocycles. The Labute approximate surface area is 176 Å². The van der Waals surface area contributed by atoms with Crippen LogP contribution in [0, 0.1) is 12.7 Å². The molecule has 8 heteroatoms. The zero-order valence-corrected chi connectivity index (χ0v) is 16.5. The average Bonchev–Trinajstić information content (AvgIpc) is 3.10. The molecule has 0 fully saturated rings. The summed E-state index contributed by atoms with van der Waals surface area (Å²) in [6.07, 6.45) is 2.93. The Bertz CT molecular complexity index is 1310. The highest BCUT2D eigenvalue weighted by atomic mass is 19.1. The van der Waals surface area contributed by atoms with Crippen LogP contribution in [0.2, 0.25) is 0 Å². The zero-order chi connectivity index (χ0) is 21.8. The number of pyridine rings is 1. The molecule has 0 unspecified atom stereocenters. The number of hydrazone groups is 1. The van der Waals surface area contributed by atoms with Crippen LogP contribution in [0.1, 0.15) is 27.2 Å². The molecular formula is C23H18FN5O2. The molecule has 154 valence electrons. The molecule has 0 saturated heterocycles. The van der Waals surface area contributed by atoms with Crippen molar-refractivity contribution in [3.05, 3.63) is 118 Å². The van der Waals surface area contributed by atoms with Crippen LogP contribution in [0.4, 0.5) is 4.39 Å². The molecule has 2 N–H and O–H groups in total. The molecule has 31 heavy (non-hydrogen) atoms. The van der Waals surface area contributed by atoms with E-state index in [0.29, 0.717) is 11.4 Å². The molecule has 7 nitrogen and oxygen atoms in total. The standard InChI is InChI=1S/C23H18FN5O2/c1-15-20(23(31)29(28-15)17-9-3-2-4-10-17)21(18-11-5-6-12-19(18)24)26-27-22(30)16-8-7-13-25-14-16/h2-14,28H,1H3,(H,27,30)/b26-21-. The van der Waals surface area contributed by atoms with Gasteiger partial charge in [0.25, 0.3) is 11.5 Å². The van der Waals surface area contributed by atoms with Gasteiger partial charge in [0.15, 0.2) is 0 Å². The summed E-state index contributed by atoms with van der Waals surface area (Å²) in [6.45, 7) is 1.69. The summed E-state index contributed by atoms with van der Waals surface area (Å²) in [6, 6.07) is 18.1. The number of hydrogen-bond donors (Lipinski definition) is 2. The third-order valence-corrected chi connectivity index (χ3v) is 4.64. The monoisotopic (exact) mass is 415 g/mol. The molecule has 4 aromatic rings. The Kier molecular flexibility index (Phi) is 5.53. The van der Waals surface area contributed by atoms with Gasteiger partial charge in [-0.25, -0.2) is 14.5 Å². The maximum Gasteiger partial charge on any atom is 0.281 e. The summed E-state index contributed by atoms with van der Waals surface area (Å²) in [5.41, 5.74) is 3.63. The quantitative estimate of drug-likeness (QED) is 0.387. The molecular weight excluding hydrogens is 397 g/mol. The predicted molar refractivity (Wildman–Crippen MR) is 115 cm³/mol. The Hall–Kier alpha value is -4.33. The van der Waals surface area contributed by atoms with Gasteiger partial charge in [0.05, 0.1) is 16.8 Å². The van der Waals surface area contributed by atoms with Crippen molar-refractivity contribution in [2.45, 2.75) is 6.92 Å². The number of nitrogens with one attached hydrogen (secondary N) is 2. The number of aryl methyl sites for hydroxylation is 1. The Morgan fingerprint density at radius 3 is 2.52 bits per heavy atom. The number of halogens is 1. The molecule has 0 radical (unpaired) electrons. The van der Waals surface area contributed by atoms with Gasteiger partial charge in [0, 0.05) is 23.7 Å². The van der Waals surface area contributed by atoms with E-state index < -0.39 is 17.3 Å². The highest BCUT2D eigenvalue weighted by Gasteiger charge is 2.22. The molecule has 1 amide bonds. The second kappa shape index (κ2) is 8.58. The van der Waals surface area contributed by atoms with Gasteiger partial charge in [-0.3, -0.25) is 19.7 Å². The number of rotatable bonds is 5.